The quantitative estimate of drug-likeness (QED) is 0.647. The zero-order valence-electron chi connectivity index (χ0n) is 15.7. The van der Waals surface area contributed by atoms with Crippen LogP contribution in [0.3, 0.4) is 0 Å². The number of carbonyl (C=O) groups is 1. The average molecular weight is 382 g/mol. The van der Waals surface area contributed by atoms with Crippen LogP contribution in [0.25, 0.3) is 11.4 Å². The number of nitrogens with zero attached hydrogens (tertiary/aromatic N) is 4. The summed E-state index contributed by atoms with van der Waals surface area (Å²) in [5.74, 6) is 1.69. The van der Waals surface area contributed by atoms with E-state index in [1.807, 2.05) is 42.5 Å². The molecule has 3 heterocycles. The fraction of sp³-hybridized carbons (Fsp3) is 0.350. The van der Waals surface area contributed by atoms with Crippen LogP contribution in [-0.2, 0) is 24.8 Å². The van der Waals surface area contributed by atoms with Crippen molar-refractivity contribution in [2.45, 2.75) is 37.2 Å². The van der Waals surface area contributed by atoms with Crippen LogP contribution in [-0.4, -0.2) is 37.4 Å². The Balaban J connectivity index is 1.47. The molecule has 0 saturated heterocycles. The van der Waals surface area contributed by atoms with Crippen molar-refractivity contribution in [1.82, 2.24) is 19.7 Å². The van der Waals surface area contributed by atoms with Crippen LogP contribution in [0.4, 0.5) is 0 Å². The number of rotatable bonds is 4. The van der Waals surface area contributed by atoms with Crippen molar-refractivity contribution in [3.63, 3.8) is 0 Å². The Hall–Kier alpha value is -2.54. The maximum Gasteiger partial charge on any atom is 0.236 e. The van der Waals surface area contributed by atoms with Crippen LogP contribution in [0.15, 0.2) is 46.2 Å². The molecule has 0 saturated carbocycles. The van der Waals surface area contributed by atoms with E-state index in [4.69, 9.17) is 4.42 Å². The number of fused-ring (bicyclic) bond motifs is 1. The monoisotopic (exact) mass is 382 g/mol. The van der Waals surface area contributed by atoms with Gasteiger partial charge in [0.2, 0.25) is 5.91 Å². The number of furan rings is 1. The summed E-state index contributed by atoms with van der Waals surface area (Å²) in [4.78, 5) is 14.9. The predicted octanol–water partition coefficient (Wildman–Crippen LogP) is 3.45. The molecule has 0 spiro atoms. The van der Waals surface area contributed by atoms with Gasteiger partial charge in [0, 0.05) is 20.1 Å². The molecule has 0 fully saturated rings. The maximum absolute atomic E-state index is 12.9. The molecule has 1 aromatic carbocycles. The van der Waals surface area contributed by atoms with Crippen molar-refractivity contribution >= 4 is 17.7 Å². The second-order valence-electron chi connectivity index (χ2n) is 6.79. The highest BCUT2D eigenvalue weighted by molar-refractivity contribution is 8.00. The summed E-state index contributed by atoms with van der Waals surface area (Å²) < 4.78 is 7.28. The van der Waals surface area contributed by atoms with E-state index in [1.165, 1.54) is 22.9 Å². The Morgan fingerprint density at radius 3 is 2.74 bits per heavy atom. The third-order valence-electron chi connectivity index (χ3n) is 5.01. The van der Waals surface area contributed by atoms with E-state index >= 15 is 0 Å². The van der Waals surface area contributed by atoms with E-state index in [2.05, 4.69) is 28.4 Å². The molecule has 7 heteroatoms. The highest BCUT2D eigenvalue weighted by Gasteiger charge is 2.27. The molecule has 0 unspecified atom stereocenters. The molecule has 4 rings (SSSR count). The lowest BCUT2D eigenvalue weighted by molar-refractivity contribution is -0.131. The third kappa shape index (κ3) is 3.39. The van der Waals surface area contributed by atoms with Crippen LogP contribution in [0.2, 0.25) is 0 Å². The van der Waals surface area contributed by atoms with Crippen LogP contribution < -0.4 is 0 Å². The number of thioether (sulfide) groups is 1. The molecule has 1 aliphatic heterocycles. The van der Waals surface area contributed by atoms with Crippen molar-refractivity contribution < 1.29 is 9.21 Å². The normalized spacial score (nSPS) is 14.9. The molecule has 140 valence electrons. The Bertz CT molecular complexity index is 978. The standard InChI is InChI=1S/C20H22N4O2S/c1-13-17(9-11-26-13)18-21-22-20(23(18)3)27-14(2)19(25)24-10-8-15-6-4-5-7-16(15)12-24/h4-7,9,11,14H,8,10,12H2,1-3H3/t14-/m1/s1. The number of hydrogen-bond acceptors (Lipinski definition) is 5. The van der Waals surface area contributed by atoms with Gasteiger partial charge in [0.25, 0.3) is 0 Å². The number of aromatic nitrogens is 3. The van der Waals surface area contributed by atoms with E-state index in [0.717, 1.165) is 35.3 Å². The summed E-state index contributed by atoms with van der Waals surface area (Å²) in [6.07, 6.45) is 2.56. The highest BCUT2D eigenvalue weighted by atomic mass is 32.2. The third-order valence-corrected chi connectivity index (χ3v) is 6.13. The molecule has 6 nitrogen and oxygen atoms in total. The minimum Gasteiger partial charge on any atom is -0.469 e. The minimum absolute atomic E-state index is 0.138. The van der Waals surface area contributed by atoms with Gasteiger partial charge in [-0.15, -0.1) is 10.2 Å². The van der Waals surface area contributed by atoms with Gasteiger partial charge in [-0.2, -0.15) is 0 Å². The highest BCUT2D eigenvalue weighted by Crippen LogP contribution is 2.29. The zero-order chi connectivity index (χ0) is 19.0. The lowest BCUT2D eigenvalue weighted by atomic mass is 10.00. The molecule has 1 aliphatic rings. The van der Waals surface area contributed by atoms with Gasteiger partial charge in [0.05, 0.1) is 17.1 Å². The molecule has 0 radical (unpaired) electrons. The molecule has 1 amide bonds. The predicted molar refractivity (Wildman–Crippen MR) is 104 cm³/mol. The van der Waals surface area contributed by atoms with Crippen LogP contribution in [0, 0.1) is 6.92 Å². The summed E-state index contributed by atoms with van der Waals surface area (Å²) >= 11 is 1.44. The molecule has 3 aromatic rings. The van der Waals surface area contributed by atoms with Crippen LogP contribution in [0.5, 0.6) is 0 Å². The first-order valence-corrected chi connectivity index (χ1v) is 9.88. The fourth-order valence-electron chi connectivity index (χ4n) is 3.42. The number of amides is 1. The first-order chi connectivity index (χ1) is 13.0. The SMILES string of the molecule is Cc1occc1-c1nnc(S[C@H](C)C(=O)N2CCc3ccccc3C2)n1C. The van der Waals surface area contributed by atoms with Gasteiger partial charge in [-0.1, -0.05) is 36.0 Å². The van der Waals surface area contributed by atoms with Crippen LogP contribution in [0.1, 0.15) is 23.8 Å². The second kappa shape index (κ2) is 7.23. The lowest BCUT2D eigenvalue weighted by Gasteiger charge is -2.30. The fourth-order valence-corrected chi connectivity index (χ4v) is 4.32. The first kappa shape index (κ1) is 17.9. The molecule has 0 aliphatic carbocycles. The molecular weight excluding hydrogens is 360 g/mol. The van der Waals surface area contributed by atoms with E-state index in [0.29, 0.717) is 6.54 Å². The lowest BCUT2D eigenvalue weighted by Crippen LogP contribution is -2.40. The number of benzene rings is 1. The van der Waals surface area contributed by atoms with Crippen molar-refractivity contribution in [2.75, 3.05) is 6.54 Å². The summed E-state index contributed by atoms with van der Waals surface area (Å²) in [7, 11) is 1.92. The van der Waals surface area contributed by atoms with Crippen molar-refractivity contribution in [3.05, 3.63) is 53.5 Å². The molecule has 1 atom stereocenters. The maximum atomic E-state index is 12.9. The van der Waals surface area contributed by atoms with Gasteiger partial charge in [-0.05, 0) is 37.5 Å². The van der Waals surface area contributed by atoms with E-state index in [-0.39, 0.29) is 11.2 Å². The topological polar surface area (TPSA) is 64.2 Å². The van der Waals surface area contributed by atoms with Crippen molar-refractivity contribution in [2.24, 2.45) is 7.05 Å². The van der Waals surface area contributed by atoms with E-state index in [9.17, 15) is 4.79 Å². The zero-order valence-corrected chi connectivity index (χ0v) is 16.5. The van der Waals surface area contributed by atoms with Gasteiger partial charge >= 0.3 is 0 Å². The van der Waals surface area contributed by atoms with Crippen molar-refractivity contribution in [1.29, 1.82) is 0 Å². The Morgan fingerprint density at radius 2 is 2.00 bits per heavy atom. The van der Waals surface area contributed by atoms with Gasteiger partial charge in [0.1, 0.15) is 5.76 Å². The second-order valence-corrected chi connectivity index (χ2v) is 8.10. The Kier molecular flexibility index (Phi) is 4.78. The van der Waals surface area contributed by atoms with Gasteiger partial charge in [-0.25, -0.2) is 0 Å². The summed E-state index contributed by atoms with van der Waals surface area (Å²) in [5.41, 5.74) is 3.50. The molecule has 0 bridgehead atoms. The van der Waals surface area contributed by atoms with Gasteiger partial charge < -0.3 is 13.9 Å². The van der Waals surface area contributed by atoms with Gasteiger partial charge in [-0.3, -0.25) is 4.79 Å². The summed E-state index contributed by atoms with van der Waals surface area (Å²) in [5, 5.41) is 9.06. The van der Waals surface area contributed by atoms with E-state index in [1.54, 1.807) is 6.26 Å². The van der Waals surface area contributed by atoms with Crippen LogP contribution >= 0.6 is 11.8 Å². The smallest absolute Gasteiger partial charge is 0.236 e. The molecule has 0 N–H and O–H groups in total. The molecular formula is C20H22N4O2S. The van der Waals surface area contributed by atoms with Crippen molar-refractivity contribution in [3.8, 4) is 11.4 Å². The summed E-state index contributed by atoms with van der Waals surface area (Å²) in [6.45, 7) is 5.28. The number of carbonyl (C=O) groups excluding carboxylic acids is 1. The number of hydrogen-bond donors (Lipinski definition) is 0. The largest absolute Gasteiger partial charge is 0.469 e. The Labute approximate surface area is 162 Å². The first-order valence-electron chi connectivity index (χ1n) is 9.00. The minimum atomic E-state index is -0.226. The summed E-state index contributed by atoms with van der Waals surface area (Å²) in [6, 6.07) is 10.2. The molecule has 27 heavy (non-hydrogen) atoms. The average Bonchev–Trinajstić information content (AvgIpc) is 3.26. The Morgan fingerprint density at radius 1 is 1.22 bits per heavy atom. The molecule has 2 aromatic heterocycles. The van der Waals surface area contributed by atoms with E-state index < -0.39 is 0 Å². The van der Waals surface area contributed by atoms with Gasteiger partial charge in [0.15, 0.2) is 11.0 Å². The number of aryl methyl sites for hydroxylation is 1.